The van der Waals surface area contributed by atoms with Crippen LogP contribution in [0.15, 0.2) is 18.2 Å². The lowest BCUT2D eigenvalue weighted by Crippen LogP contribution is -2.48. The molecular weight excluding hydrogens is 379 g/mol. The molecule has 140 valence electrons. The molecule has 2 atom stereocenters. The summed E-state index contributed by atoms with van der Waals surface area (Å²) in [5, 5.41) is 0.466. The van der Waals surface area contributed by atoms with E-state index in [1.807, 2.05) is 4.90 Å². The molecular formula is C18H20Cl2N2O4. The largest absolute Gasteiger partial charge is 0.466 e. The number of carbonyl (C=O) groups excluding carboxylic acids is 3. The lowest BCUT2D eigenvalue weighted by molar-refractivity contribution is -0.150. The predicted octanol–water partition coefficient (Wildman–Crippen LogP) is 2.90. The normalized spacial score (nSPS) is 24.2. The van der Waals surface area contributed by atoms with Gasteiger partial charge in [-0.15, -0.1) is 0 Å². The molecule has 0 bridgehead atoms. The summed E-state index contributed by atoms with van der Waals surface area (Å²) in [5.41, 5.74) is 0.301. The van der Waals surface area contributed by atoms with Crippen LogP contribution in [0.1, 0.15) is 26.2 Å². The van der Waals surface area contributed by atoms with E-state index in [9.17, 15) is 14.4 Å². The monoisotopic (exact) mass is 398 g/mol. The highest BCUT2D eigenvalue weighted by Crippen LogP contribution is 2.36. The second-order valence-electron chi connectivity index (χ2n) is 6.45. The summed E-state index contributed by atoms with van der Waals surface area (Å²) in [7, 11) is 0. The topological polar surface area (TPSA) is 66.9 Å². The van der Waals surface area contributed by atoms with Gasteiger partial charge in [0.1, 0.15) is 0 Å². The van der Waals surface area contributed by atoms with Crippen LogP contribution in [0.4, 0.5) is 5.69 Å². The Kier molecular flexibility index (Phi) is 5.85. The molecule has 2 aliphatic heterocycles. The second kappa shape index (κ2) is 7.94. The van der Waals surface area contributed by atoms with Crippen molar-refractivity contribution >= 4 is 46.7 Å². The van der Waals surface area contributed by atoms with Crippen molar-refractivity contribution in [3.05, 3.63) is 28.2 Å². The molecule has 0 N–H and O–H groups in total. The highest BCUT2D eigenvalue weighted by Gasteiger charge is 2.45. The number of hydrogen-bond acceptors (Lipinski definition) is 5. The van der Waals surface area contributed by atoms with Crippen LogP contribution in [-0.2, 0) is 19.1 Å². The highest BCUT2D eigenvalue weighted by atomic mass is 35.5. The van der Waals surface area contributed by atoms with Crippen LogP contribution in [0.2, 0.25) is 10.0 Å². The number of rotatable bonds is 4. The van der Waals surface area contributed by atoms with Crippen molar-refractivity contribution in [3.63, 3.8) is 0 Å². The third kappa shape index (κ3) is 3.59. The summed E-state index contributed by atoms with van der Waals surface area (Å²) in [6.07, 6.45) is 1.57. The molecule has 6 nitrogen and oxygen atoms in total. The number of carbonyl (C=O) groups is 3. The van der Waals surface area contributed by atoms with Gasteiger partial charge in [-0.05, 0) is 38.4 Å². The van der Waals surface area contributed by atoms with Gasteiger partial charge in [-0.2, -0.15) is 0 Å². The molecule has 0 radical (unpaired) electrons. The number of imide groups is 1. The average molecular weight is 399 g/mol. The van der Waals surface area contributed by atoms with E-state index in [2.05, 4.69) is 0 Å². The van der Waals surface area contributed by atoms with Crippen LogP contribution < -0.4 is 4.90 Å². The number of benzene rings is 1. The molecule has 1 aromatic carbocycles. The van der Waals surface area contributed by atoms with Gasteiger partial charge in [-0.1, -0.05) is 29.3 Å². The van der Waals surface area contributed by atoms with Crippen molar-refractivity contribution in [1.82, 2.24) is 4.90 Å². The third-order valence-electron chi connectivity index (χ3n) is 4.81. The summed E-state index contributed by atoms with van der Waals surface area (Å²) >= 11 is 12.2. The van der Waals surface area contributed by atoms with Gasteiger partial charge in [0.05, 0.1) is 40.7 Å². The fourth-order valence-electron chi connectivity index (χ4n) is 3.56. The number of esters is 1. The first-order valence-corrected chi connectivity index (χ1v) is 9.41. The standard InChI is InChI=1S/C18H20Cl2N2O4/c1-2-26-18(25)11-5-4-8-21(10-11)14-9-15(23)22(17(14)24)13-7-3-6-12(19)16(13)20/h3,6-7,11,14H,2,4-5,8-10H2,1H3. The van der Waals surface area contributed by atoms with Gasteiger partial charge in [-0.3, -0.25) is 19.3 Å². The SMILES string of the molecule is CCOC(=O)C1CCCN(C2CC(=O)N(c3cccc(Cl)c3Cl)C2=O)C1. The van der Waals surface area contributed by atoms with Crippen molar-refractivity contribution in [2.75, 3.05) is 24.6 Å². The molecule has 0 aromatic heterocycles. The summed E-state index contributed by atoms with van der Waals surface area (Å²) in [5.74, 6) is -1.16. The van der Waals surface area contributed by atoms with Crippen molar-refractivity contribution in [1.29, 1.82) is 0 Å². The van der Waals surface area contributed by atoms with Crippen LogP contribution in [0.5, 0.6) is 0 Å². The van der Waals surface area contributed by atoms with Gasteiger partial charge in [0.25, 0.3) is 5.91 Å². The number of halogens is 2. The molecule has 2 aliphatic rings. The molecule has 1 aromatic rings. The molecule has 2 heterocycles. The van der Waals surface area contributed by atoms with Crippen LogP contribution in [0.3, 0.4) is 0 Å². The maximum Gasteiger partial charge on any atom is 0.310 e. The van der Waals surface area contributed by atoms with Crippen molar-refractivity contribution in [3.8, 4) is 0 Å². The van der Waals surface area contributed by atoms with Crippen molar-refractivity contribution in [2.24, 2.45) is 5.92 Å². The number of nitrogens with zero attached hydrogens (tertiary/aromatic N) is 2. The highest BCUT2D eigenvalue weighted by molar-refractivity contribution is 6.44. The van der Waals surface area contributed by atoms with Gasteiger partial charge in [0.2, 0.25) is 5.91 Å². The van der Waals surface area contributed by atoms with E-state index in [0.29, 0.717) is 25.4 Å². The van der Waals surface area contributed by atoms with E-state index in [0.717, 1.165) is 17.7 Å². The van der Waals surface area contributed by atoms with E-state index >= 15 is 0 Å². The summed E-state index contributed by atoms with van der Waals surface area (Å²) in [6.45, 7) is 3.18. The maximum atomic E-state index is 12.9. The van der Waals surface area contributed by atoms with Crippen LogP contribution >= 0.6 is 23.2 Å². The number of piperidine rings is 1. The van der Waals surface area contributed by atoms with Gasteiger partial charge in [0.15, 0.2) is 0 Å². The second-order valence-corrected chi connectivity index (χ2v) is 7.23. The quantitative estimate of drug-likeness (QED) is 0.576. The average Bonchev–Trinajstić information content (AvgIpc) is 2.92. The molecule has 2 amide bonds. The van der Waals surface area contributed by atoms with E-state index in [-0.39, 0.29) is 40.2 Å². The van der Waals surface area contributed by atoms with E-state index in [4.69, 9.17) is 27.9 Å². The lowest BCUT2D eigenvalue weighted by Gasteiger charge is -2.34. The molecule has 2 unspecified atom stereocenters. The molecule has 0 spiro atoms. The Balaban J connectivity index is 1.78. The van der Waals surface area contributed by atoms with Crippen molar-refractivity contribution in [2.45, 2.75) is 32.2 Å². The van der Waals surface area contributed by atoms with E-state index in [1.54, 1.807) is 25.1 Å². The minimum atomic E-state index is -0.588. The lowest BCUT2D eigenvalue weighted by atomic mass is 9.96. The van der Waals surface area contributed by atoms with E-state index < -0.39 is 6.04 Å². The number of amides is 2. The zero-order chi connectivity index (χ0) is 18.8. The molecule has 8 heteroatoms. The number of anilines is 1. The first-order valence-electron chi connectivity index (χ1n) is 8.65. The zero-order valence-corrected chi connectivity index (χ0v) is 15.9. The maximum absolute atomic E-state index is 12.9. The molecule has 3 rings (SSSR count). The van der Waals surface area contributed by atoms with Crippen LogP contribution in [0, 0.1) is 5.92 Å². The fourth-order valence-corrected chi connectivity index (χ4v) is 3.94. The third-order valence-corrected chi connectivity index (χ3v) is 5.62. The Labute approximate surface area is 162 Å². The first-order chi connectivity index (χ1) is 12.4. The Morgan fingerprint density at radius 2 is 2.08 bits per heavy atom. The predicted molar refractivity (Wildman–Crippen MR) is 98.3 cm³/mol. The number of ether oxygens (including phenoxy) is 1. The Bertz CT molecular complexity index is 740. The van der Waals surface area contributed by atoms with Gasteiger partial charge in [-0.25, -0.2) is 4.90 Å². The molecule has 2 fully saturated rings. The van der Waals surface area contributed by atoms with Gasteiger partial charge < -0.3 is 4.74 Å². The Morgan fingerprint density at radius 1 is 1.31 bits per heavy atom. The van der Waals surface area contributed by atoms with Gasteiger partial charge >= 0.3 is 5.97 Å². The number of likely N-dealkylation sites (tertiary alicyclic amines) is 1. The van der Waals surface area contributed by atoms with Crippen LogP contribution in [0.25, 0.3) is 0 Å². The summed E-state index contributed by atoms with van der Waals surface area (Å²) in [6, 6.07) is 4.26. The smallest absolute Gasteiger partial charge is 0.310 e. The molecule has 2 saturated heterocycles. The minimum Gasteiger partial charge on any atom is -0.466 e. The van der Waals surface area contributed by atoms with Crippen molar-refractivity contribution < 1.29 is 19.1 Å². The Morgan fingerprint density at radius 3 is 2.81 bits per heavy atom. The fraction of sp³-hybridized carbons (Fsp3) is 0.500. The summed E-state index contributed by atoms with van der Waals surface area (Å²) < 4.78 is 5.10. The molecule has 0 saturated carbocycles. The minimum absolute atomic E-state index is 0.0667. The zero-order valence-electron chi connectivity index (χ0n) is 14.4. The summed E-state index contributed by atoms with van der Waals surface area (Å²) in [4.78, 5) is 40.5. The van der Waals surface area contributed by atoms with Crippen LogP contribution in [-0.4, -0.2) is 48.4 Å². The molecule has 0 aliphatic carbocycles. The Hall–Kier alpha value is -1.63. The molecule has 26 heavy (non-hydrogen) atoms. The van der Waals surface area contributed by atoms with Gasteiger partial charge in [0, 0.05) is 6.54 Å². The van der Waals surface area contributed by atoms with E-state index in [1.165, 1.54) is 0 Å². The first kappa shape index (κ1) is 19.1. The number of hydrogen-bond donors (Lipinski definition) is 0.